The molecule has 1 N–H and O–H groups in total. The molecule has 0 aromatic heterocycles. The molecule has 2 aromatic carbocycles. The van der Waals surface area contributed by atoms with Crippen molar-refractivity contribution in [2.45, 2.75) is 38.4 Å². The number of anilines is 1. The molecular formula is C22H29ClN2O2S. The van der Waals surface area contributed by atoms with Crippen LogP contribution in [-0.4, -0.2) is 32.8 Å². The van der Waals surface area contributed by atoms with Gasteiger partial charge in [-0.05, 0) is 51.2 Å². The van der Waals surface area contributed by atoms with Crippen molar-refractivity contribution in [3.8, 4) is 11.1 Å². The minimum Gasteiger partial charge on any atom is -0.370 e. The Balaban J connectivity index is 1.69. The molecule has 0 radical (unpaired) electrons. The molecule has 1 saturated heterocycles. The average molecular weight is 421 g/mol. The van der Waals surface area contributed by atoms with E-state index in [0.717, 1.165) is 47.8 Å². The molecule has 28 heavy (non-hydrogen) atoms. The standard InChI is InChI=1S/C22H29ClN2O2S/c1-22(2,3)28(26,27)24-16-17-12-14-25(15-13-17)21-19(10-7-11-20(21)23)18-8-5-4-6-9-18/h4-11,17,24H,12-16H2,1-3H3. The monoisotopic (exact) mass is 420 g/mol. The first kappa shape index (κ1) is 21.2. The van der Waals surface area contributed by atoms with E-state index in [2.05, 4.69) is 27.8 Å². The van der Waals surface area contributed by atoms with Crippen molar-refractivity contribution >= 4 is 27.3 Å². The summed E-state index contributed by atoms with van der Waals surface area (Å²) >= 11 is 6.59. The highest BCUT2D eigenvalue weighted by Crippen LogP contribution is 2.38. The van der Waals surface area contributed by atoms with Crippen molar-refractivity contribution in [3.05, 3.63) is 53.6 Å². The molecule has 1 aliphatic heterocycles. The highest BCUT2D eigenvalue weighted by atomic mass is 35.5. The van der Waals surface area contributed by atoms with E-state index in [4.69, 9.17) is 11.6 Å². The van der Waals surface area contributed by atoms with Crippen molar-refractivity contribution < 1.29 is 8.42 Å². The third-order valence-electron chi connectivity index (χ3n) is 5.37. The van der Waals surface area contributed by atoms with Crippen LogP contribution in [0.5, 0.6) is 0 Å². The molecule has 1 aliphatic rings. The molecule has 6 heteroatoms. The average Bonchev–Trinajstić information content (AvgIpc) is 2.66. The molecule has 0 bridgehead atoms. The smallest absolute Gasteiger partial charge is 0.216 e. The highest BCUT2D eigenvalue weighted by Gasteiger charge is 2.30. The molecule has 0 spiro atoms. The first-order valence-electron chi connectivity index (χ1n) is 9.77. The Kier molecular flexibility index (Phi) is 6.37. The maximum absolute atomic E-state index is 12.3. The van der Waals surface area contributed by atoms with E-state index in [9.17, 15) is 8.42 Å². The van der Waals surface area contributed by atoms with Crippen LogP contribution in [0.3, 0.4) is 0 Å². The molecule has 4 nitrogen and oxygen atoms in total. The van der Waals surface area contributed by atoms with Crippen LogP contribution in [0.4, 0.5) is 5.69 Å². The van der Waals surface area contributed by atoms with Gasteiger partial charge in [0, 0.05) is 25.2 Å². The van der Waals surface area contributed by atoms with Crippen molar-refractivity contribution in [2.75, 3.05) is 24.5 Å². The molecule has 0 aliphatic carbocycles. The highest BCUT2D eigenvalue weighted by molar-refractivity contribution is 7.90. The number of nitrogens with zero attached hydrogens (tertiary/aromatic N) is 1. The summed E-state index contributed by atoms with van der Waals surface area (Å²) in [5.74, 6) is 0.344. The van der Waals surface area contributed by atoms with Crippen LogP contribution in [0, 0.1) is 5.92 Å². The molecule has 1 heterocycles. The maximum atomic E-state index is 12.3. The number of nitrogens with one attached hydrogen (secondary N) is 1. The van der Waals surface area contributed by atoms with Gasteiger partial charge in [-0.3, -0.25) is 0 Å². The first-order chi connectivity index (χ1) is 13.2. The lowest BCUT2D eigenvalue weighted by Gasteiger charge is -2.35. The van der Waals surface area contributed by atoms with Crippen molar-refractivity contribution in [3.63, 3.8) is 0 Å². The molecule has 0 atom stereocenters. The summed E-state index contributed by atoms with van der Waals surface area (Å²) in [6, 6.07) is 16.3. The lowest BCUT2D eigenvalue weighted by atomic mass is 9.95. The number of hydrogen-bond donors (Lipinski definition) is 1. The number of sulfonamides is 1. The third-order valence-corrected chi connectivity index (χ3v) is 7.83. The van der Waals surface area contributed by atoms with Gasteiger partial charge in [0.2, 0.25) is 10.0 Å². The molecule has 0 amide bonds. The van der Waals surface area contributed by atoms with E-state index >= 15 is 0 Å². The zero-order valence-electron chi connectivity index (χ0n) is 16.8. The minimum absolute atomic E-state index is 0.344. The predicted octanol–water partition coefficient (Wildman–Crippen LogP) is 4.94. The Labute approximate surface area is 174 Å². The Morgan fingerprint density at radius 3 is 2.29 bits per heavy atom. The van der Waals surface area contributed by atoms with Crippen LogP contribution in [0.1, 0.15) is 33.6 Å². The Morgan fingerprint density at radius 1 is 1.04 bits per heavy atom. The number of hydrogen-bond acceptors (Lipinski definition) is 3. The zero-order valence-corrected chi connectivity index (χ0v) is 18.4. The second kappa shape index (κ2) is 8.44. The number of rotatable bonds is 5. The number of piperidine rings is 1. The summed E-state index contributed by atoms with van der Waals surface area (Å²) in [5, 5.41) is 0.758. The summed E-state index contributed by atoms with van der Waals surface area (Å²) < 4.78 is 26.6. The van der Waals surface area contributed by atoms with Gasteiger partial charge < -0.3 is 4.90 Å². The van der Waals surface area contributed by atoms with E-state index in [1.54, 1.807) is 20.8 Å². The van der Waals surface area contributed by atoms with E-state index in [1.807, 2.05) is 30.3 Å². The topological polar surface area (TPSA) is 49.4 Å². The van der Waals surface area contributed by atoms with Gasteiger partial charge in [0.15, 0.2) is 0 Å². The summed E-state index contributed by atoms with van der Waals surface area (Å²) in [5.41, 5.74) is 3.36. The van der Waals surface area contributed by atoms with Crippen LogP contribution in [0.25, 0.3) is 11.1 Å². The van der Waals surface area contributed by atoms with Gasteiger partial charge in [0.25, 0.3) is 0 Å². The zero-order chi connectivity index (χ0) is 20.4. The molecule has 152 valence electrons. The van der Waals surface area contributed by atoms with Gasteiger partial charge in [-0.1, -0.05) is 54.1 Å². The van der Waals surface area contributed by atoms with Gasteiger partial charge in [-0.15, -0.1) is 0 Å². The van der Waals surface area contributed by atoms with E-state index in [1.165, 1.54) is 0 Å². The predicted molar refractivity (Wildman–Crippen MR) is 119 cm³/mol. The van der Waals surface area contributed by atoms with Gasteiger partial charge in [-0.25, -0.2) is 13.1 Å². The molecular weight excluding hydrogens is 392 g/mol. The Morgan fingerprint density at radius 2 is 1.68 bits per heavy atom. The fourth-order valence-electron chi connectivity index (χ4n) is 3.49. The van der Waals surface area contributed by atoms with Crippen molar-refractivity contribution in [2.24, 2.45) is 5.92 Å². The second-order valence-electron chi connectivity index (χ2n) is 8.40. The van der Waals surface area contributed by atoms with Crippen LogP contribution in [0.2, 0.25) is 5.02 Å². The van der Waals surface area contributed by atoms with E-state index in [0.29, 0.717) is 12.5 Å². The van der Waals surface area contributed by atoms with Crippen molar-refractivity contribution in [1.29, 1.82) is 0 Å². The minimum atomic E-state index is -3.30. The summed E-state index contributed by atoms with van der Waals surface area (Å²) in [4.78, 5) is 2.33. The van der Waals surface area contributed by atoms with Gasteiger partial charge in [0.05, 0.1) is 15.5 Å². The molecule has 3 rings (SSSR count). The first-order valence-corrected chi connectivity index (χ1v) is 11.6. The lowest BCUT2D eigenvalue weighted by Crippen LogP contribution is -2.44. The fraction of sp³-hybridized carbons (Fsp3) is 0.455. The largest absolute Gasteiger partial charge is 0.370 e. The Bertz CT molecular complexity index is 900. The second-order valence-corrected chi connectivity index (χ2v) is 11.3. The van der Waals surface area contributed by atoms with E-state index in [-0.39, 0.29) is 0 Å². The molecule has 1 fully saturated rings. The number of halogens is 1. The summed E-state index contributed by atoms with van der Waals surface area (Å²) in [7, 11) is -3.30. The van der Waals surface area contributed by atoms with Crippen molar-refractivity contribution in [1.82, 2.24) is 4.72 Å². The Hall–Kier alpha value is -1.56. The maximum Gasteiger partial charge on any atom is 0.216 e. The number of benzene rings is 2. The molecule has 0 saturated carbocycles. The van der Waals surface area contributed by atoms with Crippen LogP contribution in [-0.2, 0) is 10.0 Å². The molecule has 2 aromatic rings. The van der Waals surface area contributed by atoms with Gasteiger partial charge in [0.1, 0.15) is 0 Å². The fourth-order valence-corrected chi connectivity index (χ4v) is 4.67. The van der Waals surface area contributed by atoms with Crippen LogP contribution in [0.15, 0.2) is 48.5 Å². The normalized spacial score (nSPS) is 16.4. The summed E-state index contributed by atoms with van der Waals surface area (Å²) in [6.45, 7) is 7.40. The van der Waals surface area contributed by atoms with E-state index < -0.39 is 14.8 Å². The van der Waals surface area contributed by atoms with Gasteiger partial charge in [-0.2, -0.15) is 0 Å². The summed E-state index contributed by atoms with van der Waals surface area (Å²) in [6.07, 6.45) is 1.87. The quantitative estimate of drug-likeness (QED) is 0.745. The van der Waals surface area contributed by atoms with Gasteiger partial charge >= 0.3 is 0 Å². The molecule has 0 unspecified atom stereocenters. The lowest BCUT2D eigenvalue weighted by molar-refractivity contribution is 0.400. The number of para-hydroxylation sites is 1. The SMILES string of the molecule is CC(C)(C)S(=O)(=O)NCC1CCN(c2c(Cl)cccc2-c2ccccc2)CC1. The third kappa shape index (κ3) is 4.70. The van der Waals surface area contributed by atoms with Crippen LogP contribution >= 0.6 is 11.6 Å². The van der Waals surface area contributed by atoms with Crippen LogP contribution < -0.4 is 9.62 Å².